The minimum atomic E-state index is -0.173. The van der Waals surface area contributed by atoms with Crippen molar-refractivity contribution in [3.63, 3.8) is 0 Å². The average Bonchev–Trinajstić information content (AvgIpc) is 3.31. The second kappa shape index (κ2) is 9.67. The lowest BCUT2D eigenvalue weighted by molar-refractivity contribution is 0.0663. The molecule has 4 rings (SSSR count). The molecular weight excluding hydrogens is 372 g/mol. The van der Waals surface area contributed by atoms with Gasteiger partial charge in [-0.15, -0.1) is 0 Å². The van der Waals surface area contributed by atoms with Crippen molar-refractivity contribution in [1.82, 2.24) is 15.3 Å². The predicted molar refractivity (Wildman–Crippen MR) is 107 cm³/mol. The van der Waals surface area contributed by atoms with Crippen LogP contribution in [0.4, 0.5) is 5.82 Å². The third-order valence-electron chi connectivity index (χ3n) is 5.04. The van der Waals surface area contributed by atoms with Crippen LogP contribution in [-0.2, 0) is 16.0 Å². The summed E-state index contributed by atoms with van der Waals surface area (Å²) in [5, 5.41) is 2.93. The number of aromatic nitrogens is 2. The van der Waals surface area contributed by atoms with E-state index < -0.39 is 0 Å². The summed E-state index contributed by atoms with van der Waals surface area (Å²) in [5.41, 5.74) is 1.50. The largest absolute Gasteiger partial charge is 0.475 e. The van der Waals surface area contributed by atoms with E-state index in [-0.39, 0.29) is 12.0 Å². The lowest BCUT2D eigenvalue weighted by atomic mass is 10.2. The number of amides is 1. The van der Waals surface area contributed by atoms with Gasteiger partial charge < -0.3 is 24.4 Å². The number of nitrogens with one attached hydrogen (secondary N) is 1. The Labute approximate surface area is 170 Å². The number of pyridine rings is 2. The molecule has 2 aliphatic heterocycles. The molecule has 2 fully saturated rings. The van der Waals surface area contributed by atoms with Gasteiger partial charge in [0.25, 0.3) is 5.91 Å². The molecule has 0 spiro atoms. The van der Waals surface area contributed by atoms with Crippen molar-refractivity contribution in [2.24, 2.45) is 0 Å². The highest BCUT2D eigenvalue weighted by Gasteiger charge is 2.16. The molecule has 1 atom stereocenters. The van der Waals surface area contributed by atoms with E-state index in [0.29, 0.717) is 37.8 Å². The zero-order chi connectivity index (χ0) is 19.9. The summed E-state index contributed by atoms with van der Waals surface area (Å²) in [6, 6.07) is 7.35. The van der Waals surface area contributed by atoms with Gasteiger partial charge >= 0.3 is 0 Å². The number of hydrogen-bond acceptors (Lipinski definition) is 7. The fourth-order valence-corrected chi connectivity index (χ4v) is 3.37. The van der Waals surface area contributed by atoms with Crippen LogP contribution in [0, 0.1) is 0 Å². The minimum Gasteiger partial charge on any atom is -0.475 e. The zero-order valence-electron chi connectivity index (χ0n) is 16.4. The van der Waals surface area contributed by atoms with E-state index in [1.54, 1.807) is 18.3 Å². The van der Waals surface area contributed by atoms with E-state index in [1.807, 2.05) is 12.1 Å². The summed E-state index contributed by atoms with van der Waals surface area (Å²) in [6.07, 6.45) is 5.54. The smallest absolute Gasteiger partial charge is 0.253 e. The molecule has 154 valence electrons. The maximum Gasteiger partial charge on any atom is 0.253 e. The number of carbonyl (C=O) groups is 1. The lowest BCUT2D eigenvalue weighted by Crippen LogP contribution is -2.36. The van der Waals surface area contributed by atoms with Gasteiger partial charge in [-0.1, -0.05) is 0 Å². The van der Waals surface area contributed by atoms with Crippen LogP contribution in [0.15, 0.2) is 36.7 Å². The van der Waals surface area contributed by atoms with Crippen molar-refractivity contribution < 1.29 is 19.0 Å². The fourth-order valence-electron chi connectivity index (χ4n) is 3.37. The number of nitrogens with zero attached hydrogens (tertiary/aromatic N) is 3. The van der Waals surface area contributed by atoms with Crippen molar-refractivity contribution in [2.75, 3.05) is 44.4 Å². The number of anilines is 1. The number of morpholine rings is 1. The predicted octanol–water partition coefficient (Wildman–Crippen LogP) is 1.80. The Morgan fingerprint density at radius 3 is 2.86 bits per heavy atom. The van der Waals surface area contributed by atoms with Gasteiger partial charge in [0.2, 0.25) is 5.88 Å². The van der Waals surface area contributed by atoms with E-state index in [4.69, 9.17) is 14.2 Å². The van der Waals surface area contributed by atoms with Crippen molar-refractivity contribution >= 4 is 11.7 Å². The molecule has 2 saturated heterocycles. The maximum atomic E-state index is 12.4. The molecule has 8 heteroatoms. The van der Waals surface area contributed by atoms with E-state index in [9.17, 15) is 4.79 Å². The second-order valence-corrected chi connectivity index (χ2v) is 7.14. The summed E-state index contributed by atoms with van der Waals surface area (Å²) >= 11 is 0. The normalized spacial score (nSPS) is 19.2. The van der Waals surface area contributed by atoms with Gasteiger partial charge in [0.05, 0.1) is 24.9 Å². The van der Waals surface area contributed by atoms with Gasteiger partial charge in [-0.05, 0) is 36.6 Å². The molecule has 0 unspecified atom stereocenters. The third-order valence-corrected chi connectivity index (χ3v) is 5.04. The summed E-state index contributed by atoms with van der Waals surface area (Å²) in [7, 11) is 0. The van der Waals surface area contributed by atoms with Crippen molar-refractivity contribution in [2.45, 2.75) is 25.5 Å². The average molecular weight is 398 g/mol. The zero-order valence-corrected chi connectivity index (χ0v) is 16.4. The lowest BCUT2D eigenvalue weighted by Gasteiger charge is -2.28. The topological polar surface area (TPSA) is 85.8 Å². The number of carbonyl (C=O) groups excluding carboxylic acids is 1. The molecule has 1 N–H and O–H groups in total. The molecule has 4 heterocycles. The molecule has 0 aromatic carbocycles. The molecule has 0 saturated carbocycles. The summed E-state index contributed by atoms with van der Waals surface area (Å²) in [4.78, 5) is 23.3. The van der Waals surface area contributed by atoms with Crippen LogP contribution in [0.1, 0.15) is 28.8 Å². The van der Waals surface area contributed by atoms with Gasteiger partial charge in [-0.25, -0.2) is 9.97 Å². The first-order valence-electron chi connectivity index (χ1n) is 10.0. The first kappa shape index (κ1) is 19.6. The fraction of sp³-hybridized carbons (Fsp3) is 0.476. The number of rotatable bonds is 7. The summed E-state index contributed by atoms with van der Waals surface area (Å²) in [6.45, 7) is 4.80. The molecular formula is C21H26N4O4. The molecule has 29 heavy (non-hydrogen) atoms. The molecule has 0 radical (unpaired) electrons. The Bertz CT molecular complexity index is 803. The highest BCUT2D eigenvalue weighted by molar-refractivity contribution is 5.93. The first-order valence-corrected chi connectivity index (χ1v) is 10.0. The Hall–Kier alpha value is -2.71. The van der Waals surface area contributed by atoms with Gasteiger partial charge in [-0.3, -0.25) is 4.79 Å². The molecule has 2 aromatic heterocycles. The van der Waals surface area contributed by atoms with Crippen LogP contribution in [0.25, 0.3) is 0 Å². The first-order chi connectivity index (χ1) is 14.3. The molecule has 2 aliphatic rings. The molecule has 1 amide bonds. The Kier molecular flexibility index (Phi) is 6.53. The van der Waals surface area contributed by atoms with Crippen LogP contribution in [0.2, 0.25) is 0 Å². The van der Waals surface area contributed by atoms with Crippen LogP contribution in [0.3, 0.4) is 0 Å². The Morgan fingerprint density at radius 1 is 1.21 bits per heavy atom. The number of hydrogen-bond donors (Lipinski definition) is 1. The van der Waals surface area contributed by atoms with Crippen LogP contribution in [0.5, 0.6) is 5.88 Å². The van der Waals surface area contributed by atoms with E-state index in [2.05, 4.69) is 20.2 Å². The van der Waals surface area contributed by atoms with E-state index >= 15 is 0 Å². The molecule has 0 bridgehead atoms. The van der Waals surface area contributed by atoms with Crippen molar-refractivity contribution in [3.05, 3.63) is 47.8 Å². The van der Waals surface area contributed by atoms with Crippen LogP contribution < -0.4 is 15.0 Å². The highest BCUT2D eigenvalue weighted by atomic mass is 16.5. The number of ether oxygens (including phenoxy) is 3. The van der Waals surface area contributed by atoms with Gasteiger partial charge in [0, 0.05) is 44.7 Å². The third kappa shape index (κ3) is 5.42. The molecule has 0 aliphatic carbocycles. The SMILES string of the molecule is O=C(NCc1ccnc(N2CCOCC2)c1)c1ccc(OC[C@H]2CCCO2)nc1. The Morgan fingerprint density at radius 2 is 2.10 bits per heavy atom. The highest BCUT2D eigenvalue weighted by Crippen LogP contribution is 2.16. The Balaban J connectivity index is 1.28. The quantitative estimate of drug-likeness (QED) is 0.761. The van der Waals surface area contributed by atoms with Gasteiger partial charge in [0.15, 0.2) is 0 Å². The monoisotopic (exact) mass is 398 g/mol. The summed E-state index contributed by atoms with van der Waals surface area (Å²) in [5.74, 6) is 1.24. The maximum absolute atomic E-state index is 12.4. The standard InChI is InChI=1S/C21H26N4O4/c26-21(17-3-4-20(23-14-17)29-15-18-2-1-9-28-18)24-13-16-5-6-22-19(12-16)25-7-10-27-11-8-25/h3-6,12,14,18H,1-2,7-11,13,15H2,(H,24,26)/t18-/m1/s1. The molecule has 2 aromatic rings. The summed E-state index contributed by atoms with van der Waals surface area (Å²) < 4.78 is 16.5. The van der Waals surface area contributed by atoms with Crippen LogP contribution >= 0.6 is 0 Å². The second-order valence-electron chi connectivity index (χ2n) is 7.14. The van der Waals surface area contributed by atoms with Gasteiger partial charge in [-0.2, -0.15) is 0 Å². The minimum absolute atomic E-state index is 0.141. The molecule has 8 nitrogen and oxygen atoms in total. The van der Waals surface area contributed by atoms with Crippen LogP contribution in [-0.4, -0.2) is 61.5 Å². The van der Waals surface area contributed by atoms with E-state index in [0.717, 1.165) is 43.9 Å². The van der Waals surface area contributed by atoms with Gasteiger partial charge in [0.1, 0.15) is 12.4 Å². The van der Waals surface area contributed by atoms with Crippen molar-refractivity contribution in [1.29, 1.82) is 0 Å². The van der Waals surface area contributed by atoms with E-state index in [1.165, 1.54) is 6.20 Å². The van der Waals surface area contributed by atoms with Crippen molar-refractivity contribution in [3.8, 4) is 5.88 Å².